The molecule has 0 aliphatic rings. The minimum Gasteiger partial charge on any atom is -0.488 e. The molecule has 3 rings (SSSR count). The van der Waals surface area contributed by atoms with Crippen molar-refractivity contribution in [1.82, 2.24) is 14.8 Å². The number of ether oxygens (including phenoxy) is 2. The van der Waals surface area contributed by atoms with Gasteiger partial charge in [0, 0.05) is 30.9 Å². The van der Waals surface area contributed by atoms with Crippen molar-refractivity contribution < 1.29 is 27.8 Å². The monoisotopic (exact) mass is 474 g/mol. The Morgan fingerprint density at radius 1 is 1.15 bits per heavy atom. The molecule has 3 aromatic rings. The lowest BCUT2D eigenvalue weighted by atomic mass is 10.1. The summed E-state index contributed by atoms with van der Waals surface area (Å²) < 4.78 is 37.1. The molecule has 2 N–H and O–H groups in total. The largest absolute Gasteiger partial charge is 0.488 e. The third-order valence-electron chi connectivity index (χ3n) is 4.70. The maximum atomic E-state index is 12.8. The number of benzene rings is 1. The van der Waals surface area contributed by atoms with Crippen LogP contribution in [0.1, 0.15) is 30.6 Å². The van der Waals surface area contributed by atoms with Crippen LogP contribution in [0.25, 0.3) is 0 Å². The molecule has 2 aromatic heterocycles. The van der Waals surface area contributed by atoms with E-state index in [0.29, 0.717) is 18.0 Å². The average molecular weight is 475 g/mol. The molecular formula is C22H26N4O6S. The number of amides is 1. The molecule has 1 aromatic carbocycles. The molecule has 11 heteroatoms. The Hall–Kier alpha value is -3.44. The Labute approximate surface area is 192 Å². The minimum atomic E-state index is -3.43. The predicted molar refractivity (Wildman–Crippen MR) is 121 cm³/mol. The molecule has 176 valence electrons. The van der Waals surface area contributed by atoms with E-state index in [1.54, 1.807) is 43.0 Å². The summed E-state index contributed by atoms with van der Waals surface area (Å²) in [6.45, 7) is 3.22. The number of anilines is 1. The predicted octanol–water partition coefficient (Wildman–Crippen LogP) is 2.80. The number of aryl methyl sites for hydroxylation is 1. The molecule has 0 fully saturated rings. The van der Waals surface area contributed by atoms with Gasteiger partial charge >= 0.3 is 0 Å². The topological polar surface area (TPSA) is 133 Å². The van der Waals surface area contributed by atoms with Crippen molar-refractivity contribution >= 4 is 21.6 Å². The quantitative estimate of drug-likeness (QED) is 0.458. The van der Waals surface area contributed by atoms with Gasteiger partial charge in [-0.15, -0.1) is 0 Å². The number of carbonyl (C=O) groups excluding carboxylic acids is 1. The molecule has 0 aliphatic carbocycles. The second-order valence-corrected chi connectivity index (χ2v) is 9.42. The molecule has 1 atom stereocenters. The van der Waals surface area contributed by atoms with Crippen molar-refractivity contribution in [3.8, 4) is 17.2 Å². The summed E-state index contributed by atoms with van der Waals surface area (Å²) in [4.78, 5) is 16.8. The Morgan fingerprint density at radius 2 is 1.91 bits per heavy atom. The highest BCUT2D eigenvalue weighted by Crippen LogP contribution is 2.29. The second-order valence-electron chi connectivity index (χ2n) is 7.19. The molecule has 10 nitrogen and oxygen atoms in total. The summed E-state index contributed by atoms with van der Waals surface area (Å²) in [6, 6.07) is 9.14. The second kappa shape index (κ2) is 10.5. The fourth-order valence-corrected chi connectivity index (χ4v) is 3.62. The van der Waals surface area contributed by atoms with E-state index in [1.165, 1.54) is 24.4 Å². The van der Waals surface area contributed by atoms with E-state index >= 15 is 0 Å². The van der Waals surface area contributed by atoms with Crippen LogP contribution >= 0.6 is 0 Å². The first kappa shape index (κ1) is 24.2. The Morgan fingerprint density at radius 3 is 2.48 bits per heavy atom. The number of carbonyl (C=O) groups is 1. The van der Waals surface area contributed by atoms with Crippen molar-refractivity contribution in [1.29, 1.82) is 0 Å². The molecule has 0 bridgehead atoms. The summed E-state index contributed by atoms with van der Waals surface area (Å²) in [5.74, 6) is 0.792. The Balaban J connectivity index is 1.89. The average Bonchev–Trinajstić information content (AvgIpc) is 3.22. The zero-order valence-electron chi connectivity index (χ0n) is 18.6. The molecule has 2 heterocycles. The van der Waals surface area contributed by atoms with Gasteiger partial charge in [0.15, 0.2) is 20.7 Å². The molecule has 0 spiro atoms. The Bertz CT molecular complexity index is 1200. The van der Waals surface area contributed by atoms with Crippen LogP contribution in [0, 0.1) is 0 Å². The molecule has 1 amide bonds. The van der Waals surface area contributed by atoms with Gasteiger partial charge in [0.1, 0.15) is 23.4 Å². The highest BCUT2D eigenvalue weighted by atomic mass is 32.2. The summed E-state index contributed by atoms with van der Waals surface area (Å²) in [7, 11) is -1.69. The summed E-state index contributed by atoms with van der Waals surface area (Å²) in [5, 5.41) is 16.3. The fourth-order valence-electron chi connectivity index (χ4n) is 2.84. The van der Waals surface area contributed by atoms with Crippen LogP contribution in [0.15, 0.2) is 53.8 Å². The lowest BCUT2D eigenvalue weighted by Crippen LogP contribution is -2.20. The maximum absolute atomic E-state index is 12.8. The number of nitrogens with one attached hydrogen (secondary N) is 1. The number of rotatable bonds is 10. The minimum absolute atomic E-state index is 0.0430. The van der Waals surface area contributed by atoms with E-state index < -0.39 is 21.8 Å². The number of aromatic nitrogens is 3. The van der Waals surface area contributed by atoms with Crippen LogP contribution in [0.2, 0.25) is 0 Å². The van der Waals surface area contributed by atoms with Crippen LogP contribution in [0.5, 0.6) is 17.2 Å². The first-order chi connectivity index (χ1) is 15.7. The maximum Gasteiger partial charge on any atom is 0.257 e. The summed E-state index contributed by atoms with van der Waals surface area (Å²) in [5.41, 5.74) is 0.249. The first-order valence-corrected chi connectivity index (χ1v) is 12.0. The fraction of sp³-hybridized carbons (Fsp3) is 0.318. The van der Waals surface area contributed by atoms with E-state index in [4.69, 9.17) is 9.47 Å². The van der Waals surface area contributed by atoms with E-state index in [0.717, 1.165) is 0 Å². The van der Waals surface area contributed by atoms with E-state index in [-0.39, 0.29) is 34.4 Å². The van der Waals surface area contributed by atoms with Crippen molar-refractivity contribution in [2.45, 2.75) is 31.4 Å². The van der Waals surface area contributed by atoms with Gasteiger partial charge in [-0.3, -0.25) is 9.48 Å². The highest BCUT2D eigenvalue weighted by Gasteiger charge is 2.16. The number of sulfone groups is 1. The standard InChI is InChI=1S/C22H26N4O6S/c1-4-16(14-27)31-18-10-15(22(28)24-20-8-9-26(3)25-20)11-19(12-18)32-17-6-7-21(23-13-17)33(29,30)5-2/h6-13,16,27H,4-5,14H2,1-3H3,(H,24,25,28)/t16-/m0/s1. The number of hydrogen-bond acceptors (Lipinski definition) is 8. The van der Waals surface area contributed by atoms with Gasteiger partial charge in [-0.25, -0.2) is 13.4 Å². The van der Waals surface area contributed by atoms with Crippen molar-refractivity contribution in [3.05, 3.63) is 54.4 Å². The number of aliphatic hydroxyl groups is 1. The third-order valence-corrected chi connectivity index (χ3v) is 6.34. The smallest absolute Gasteiger partial charge is 0.257 e. The first-order valence-electron chi connectivity index (χ1n) is 10.3. The van der Waals surface area contributed by atoms with Gasteiger partial charge in [0.2, 0.25) is 0 Å². The molecule has 0 saturated heterocycles. The van der Waals surface area contributed by atoms with Crippen LogP contribution in [-0.4, -0.2) is 52.7 Å². The summed E-state index contributed by atoms with van der Waals surface area (Å²) in [6.07, 6.45) is 3.11. The molecule has 0 aliphatic heterocycles. The molecule has 33 heavy (non-hydrogen) atoms. The normalized spacial score (nSPS) is 12.2. The van der Waals surface area contributed by atoms with Crippen LogP contribution in [0.4, 0.5) is 5.82 Å². The van der Waals surface area contributed by atoms with Gasteiger partial charge < -0.3 is 19.9 Å². The van der Waals surface area contributed by atoms with Crippen LogP contribution in [-0.2, 0) is 16.9 Å². The van der Waals surface area contributed by atoms with Crippen molar-refractivity contribution in [2.75, 3.05) is 17.7 Å². The number of pyridine rings is 1. The lowest BCUT2D eigenvalue weighted by molar-refractivity contribution is 0.102. The zero-order valence-corrected chi connectivity index (χ0v) is 19.4. The SMILES string of the molecule is CC[C@@H](CO)Oc1cc(Oc2ccc(S(=O)(=O)CC)nc2)cc(C(=O)Nc2ccn(C)n2)c1. The van der Waals surface area contributed by atoms with Gasteiger partial charge in [0.25, 0.3) is 5.91 Å². The number of hydrogen-bond donors (Lipinski definition) is 2. The van der Waals surface area contributed by atoms with Gasteiger partial charge in [0.05, 0.1) is 18.6 Å². The number of aliphatic hydroxyl groups excluding tert-OH is 1. The molecule has 0 saturated carbocycles. The zero-order chi connectivity index (χ0) is 24.0. The Kier molecular flexibility index (Phi) is 7.67. The molecule has 0 radical (unpaired) electrons. The summed E-state index contributed by atoms with van der Waals surface area (Å²) >= 11 is 0. The lowest BCUT2D eigenvalue weighted by Gasteiger charge is -2.17. The van der Waals surface area contributed by atoms with Crippen molar-refractivity contribution in [2.24, 2.45) is 7.05 Å². The van der Waals surface area contributed by atoms with Crippen molar-refractivity contribution in [3.63, 3.8) is 0 Å². The van der Waals surface area contributed by atoms with E-state index in [9.17, 15) is 18.3 Å². The van der Waals surface area contributed by atoms with Crippen LogP contribution in [0.3, 0.4) is 0 Å². The van der Waals surface area contributed by atoms with Gasteiger partial charge in [-0.2, -0.15) is 5.10 Å². The molecular weight excluding hydrogens is 448 g/mol. The van der Waals surface area contributed by atoms with Gasteiger partial charge in [-0.1, -0.05) is 13.8 Å². The van der Waals surface area contributed by atoms with E-state index in [1.807, 2.05) is 6.92 Å². The third kappa shape index (κ3) is 6.30. The number of nitrogens with zero attached hydrogens (tertiary/aromatic N) is 3. The van der Waals surface area contributed by atoms with E-state index in [2.05, 4.69) is 15.4 Å². The molecule has 0 unspecified atom stereocenters. The van der Waals surface area contributed by atoms with Crippen LogP contribution < -0.4 is 14.8 Å². The van der Waals surface area contributed by atoms with Gasteiger partial charge in [-0.05, 0) is 30.7 Å². The highest BCUT2D eigenvalue weighted by molar-refractivity contribution is 7.91.